The van der Waals surface area contributed by atoms with Crippen molar-refractivity contribution in [3.8, 4) is 0 Å². The van der Waals surface area contributed by atoms with Crippen molar-refractivity contribution in [2.75, 3.05) is 7.11 Å². The Hall–Kier alpha value is -0.470. The Balaban J connectivity index is 3.77. The lowest BCUT2D eigenvalue weighted by Gasteiger charge is -1.85. The first kappa shape index (κ1) is 9.53. The van der Waals surface area contributed by atoms with Crippen LogP contribution < -0.4 is 0 Å². The summed E-state index contributed by atoms with van der Waals surface area (Å²) in [5.74, 6) is -0.439. The van der Waals surface area contributed by atoms with Crippen molar-refractivity contribution in [3.63, 3.8) is 0 Å². The number of hydrogen-bond donors (Lipinski definition) is 0. The number of rotatable bonds is 2. The fraction of sp³-hybridized carbons (Fsp3) is 0.167. The van der Waals surface area contributed by atoms with Crippen LogP contribution in [0.1, 0.15) is 0 Å². The van der Waals surface area contributed by atoms with Gasteiger partial charge >= 0.3 is 5.97 Å². The van der Waals surface area contributed by atoms with E-state index in [1.165, 1.54) is 25.3 Å². The summed E-state index contributed by atoms with van der Waals surface area (Å²) in [5.41, 5.74) is 0. The summed E-state index contributed by atoms with van der Waals surface area (Å²) in [6, 6.07) is 0. The molecular weight excluding hydrogens is 175 g/mol. The number of ether oxygens (including phenoxy) is 1. The van der Waals surface area contributed by atoms with Crippen LogP contribution in [0.3, 0.4) is 0 Å². The van der Waals surface area contributed by atoms with E-state index in [-0.39, 0.29) is 4.49 Å². The Labute approximate surface area is 69.1 Å². The molecule has 2 nitrogen and oxygen atoms in total. The van der Waals surface area contributed by atoms with Gasteiger partial charge in [-0.3, -0.25) is 0 Å². The van der Waals surface area contributed by atoms with E-state index >= 15 is 0 Å². The van der Waals surface area contributed by atoms with Gasteiger partial charge in [-0.2, -0.15) is 0 Å². The average Bonchev–Trinajstić information content (AvgIpc) is 1.87. The third-order valence-electron chi connectivity index (χ3n) is 0.656. The Morgan fingerprint density at radius 3 is 2.50 bits per heavy atom. The van der Waals surface area contributed by atoms with Crippen molar-refractivity contribution in [1.82, 2.24) is 0 Å². The molecule has 10 heavy (non-hydrogen) atoms. The minimum atomic E-state index is -0.439. The molecule has 0 fully saturated rings. The summed E-state index contributed by atoms with van der Waals surface area (Å²) < 4.78 is 4.39. The third-order valence-corrected chi connectivity index (χ3v) is 0.908. The normalized spacial score (nSPS) is 9.50. The van der Waals surface area contributed by atoms with Crippen LogP contribution in [-0.2, 0) is 9.53 Å². The average molecular weight is 181 g/mol. The largest absolute Gasteiger partial charge is 0.466 e. The smallest absolute Gasteiger partial charge is 0.330 e. The molecule has 0 atom stereocenters. The van der Waals surface area contributed by atoms with Crippen LogP contribution in [0, 0.1) is 0 Å². The predicted octanol–water partition coefficient (Wildman–Crippen LogP) is 2.03. The van der Waals surface area contributed by atoms with Gasteiger partial charge in [-0.15, -0.1) is 0 Å². The van der Waals surface area contributed by atoms with Gasteiger partial charge in [-0.05, 0) is 6.08 Å². The molecule has 4 heteroatoms. The molecule has 0 saturated heterocycles. The summed E-state index contributed by atoms with van der Waals surface area (Å²) in [6.07, 6.45) is 3.99. The first-order chi connectivity index (χ1) is 4.66. The van der Waals surface area contributed by atoms with E-state index in [1.807, 2.05) is 0 Å². The molecule has 0 radical (unpaired) electrons. The molecule has 0 aliphatic heterocycles. The Morgan fingerprint density at radius 1 is 1.50 bits per heavy atom. The van der Waals surface area contributed by atoms with Gasteiger partial charge in [0.25, 0.3) is 0 Å². The van der Waals surface area contributed by atoms with Gasteiger partial charge < -0.3 is 4.74 Å². The summed E-state index contributed by atoms with van der Waals surface area (Å²) in [7, 11) is 1.29. The summed E-state index contributed by atoms with van der Waals surface area (Å²) in [6.45, 7) is 0. The van der Waals surface area contributed by atoms with Gasteiger partial charge in [0.2, 0.25) is 0 Å². The number of carbonyl (C=O) groups is 1. The number of esters is 1. The summed E-state index contributed by atoms with van der Waals surface area (Å²) in [5, 5.41) is 0. The molecule has 0 aliphatic carbocycles. The Bertz CT molecular complexity index is 169. The van der Waals surface area contributed by atoms with Gasteiger partial charge in [0.1, 0.15) is 4.49 Å². The standard InChI is InChI=1S/C6H6Cl2O2/c1-10-6(9)4-2-3-5(7)8/h2-4H,1H3. The first-order valence-electron chi connectivity index (χ1n) is 2.44. The summed E-state index contributed by atoms with van der Waals surface area (Å²) >= 11 is 10.5. The van der Waals surface area contributed by atoms with Crippen LogP contribution in [-0.4, -0.2) is 13.1 Å². The van der Waals surface area contributed by atoms with E-state index in [2.05, 4.69) is 4.74 Å². The highest BCUT2D eigenvalue weighted by atomic mass is 35.5. The van der Waals surface area contributed by atoms with Crippen molar-refractivity contribution in [2.45, 2.75) is 0 Å². The van der Waals surface area contributed by atoms with Gasteiger partial charge in [-0.25, -0.2) is 4.79 Å². The molecule has 0 bridgehead atoms. The van der Waals surface area contributed by atoms with Crippen LogP contribution >= 0.6 is 23.2 Å². The number of hydrogen-bond acceptors (Lipinski definition) is 2. The molecule has 0 N–H and O–H groups in total. The zero-order valence-electron chi connectivity index (χ0n) is 5.30. The highest BCUT2D eigenvalue weighted by Crippen LogP contribution is 2.05. The van der Waals surface area contributed by atoms with Crippen LogP contribution in [0.5, 0.6) is 0 Å². The number of methoxy groups -OCH3 is 1. The van der Waals surface area contributed by atoms with Crippen molar-refractivity contribution in [2.24, 2.45) is 0 Å². The van der Waals surface area contributed by atoms with Crippen LogP contribution in [0.25, 0.3) is 0 Å². The molecule has 0 unspecified atom stereocenters. The molecule has 0 saturated carbocycles. The van der Waals surface area contributed by atoms with Crippen LogP contribution in [0.2, 0.25) is 0 Å². The maximum atomic E-state index is 10.4. The second kappa shape index (κ2) is 5.33. The highest BCUT2D eigenvalue weighted by molar-refractivity contribution is 6.55. The van der Waals surface area contributed by atoms with Crippen molar-refractivity contribution in [3.05, 3.63) is 22.7 Å². The molecule has 0 aliphatic rings. The number of carbonyl (C=O) groups excluding carboxylic acids is 1. The second-order valence-electron chi connectivity index (χ2n) is 1.34. The van der Waals surface area contributed by atoms with E-state index < -0.39 is 5.97 Å². The van der Waals surface area contributed by atoms with Gasteiger partial charge in [0, 0.05) is 6.08 Å². The van der Waals surface area contributed by atoms with Gasteiger partial charge in [-0.1, -0.05) is 29.3 Å². The third kappa shape index (κ3) is 5.66. The Kier molecular flexibility index (Phi) is 5.08. The van der Waals surface area contributed by atoms with Crippen molar-refractivity contribution < 1.29 is 9.53 Å². The van der Waals surface area contributed by atoms with E-state index in [0.717, 1.165) is 0 Å². The molecule has 0 aromatic carbocycles. The minimum absolute atomic E-state index is 0.0974. The molecule has 0 heterocycles. The topological polar surface area (TPSA) is 26.3 Å². The highest BCUT2D eigenvalue weighted by Gasteiger charge is 1.87. The quantitative estimate of drug-likeness (QED) is 0.370. The predicted molar refractivity (Wildman–Crippen MR) is 40.9 cm³/mol. The number of allylic oxidation sites excluding steroid dienone is 2. The zero-order chi connectivity index (χ0) is 7.98. The molecule has 56 valence electrons. The lowest BCUT2D eigenvalue weighted by Crippen LogP contribution is -1.92. The maximum absolute atomic E-state index is 10.4. The van der Waals surface area contributed by atoms with Gasteiger partial charge in [0.05, 0.1) is 7.11 Å². The fourth-order valence-corrected chi connectivity index (χ4v) is 0.413. The fourth-order valence-electron chi connectivity index (χ4n) is 0.267. The van der Waals surface area contributed by atoms with E-state index in [9.17, 15) is 4.79 Å². The molecule has 0 aromatic heterocycles. The molecular formula is C6H6Cl2O2. The van der Waals surface area contributed by atoms with E-state index in [1.54, 1.807) is 0 Å². The second-order valence-corrected chi connectivity index (χ2v) is 2.35. The van der Waals surface area contributed by atoms with Crippen molar-refractivity contribution in [1.29, 1.82) is 0 Å². The van der Waals surface area contributed by atoms with E-state index in [4.69, 9.17) is 23.2 Å². The SMILES string of the molecule is COC(=O)C=CC=C(Cl)Cl. The lowest BCUT2D eigenvalue weighted by atomic mass is 10.5. The molecule has 0 rings (SSSR count). The van der Waals surface area contributed by atoms with Crippen LogP contribution in [0.4, 0.5) is 0 Å². The Morgan fingerprint density at radius 2 is 2.10 bits per heavy atom. The molecule has 0 aromatic rings. The maximum Gasteiger partial charge on any atom is 0.330 e. The molecule has 0 spiro atoms. The lowest BCUT2D eigenvalue weighted by molar-refractivity contribution is -0.134. The molecule has 0 amide bonds. The first-order valence-corrected chi connectivity index (χ1v) is 3.19. The van der Waals surface area contributed by atoms with Gasteiger partial charge in [0.15, 0.2) is 0 Å². The van der Waals surface area contributed by atoms with Crippen LogP contribution in [0.15, 0.2) is 22.7 Å². The van der Waals surface area contributed by atoms with E-state index in [0.29, 0.717) is 0 Å². The van der Waals surface area contributed by atoms with Crippen molar-refractivity contribution >= 4 is 29.2 Å². The summed E-state index contributed by atoms with van der Waals surface area (Å²) in [4.78, 5) is 10.4. The monoisotopic (exact) mass is 180 g/mol. The number of halogens is 2. The zero-order valence-corrected chi connectivity index (χ0v) is 6.82. The minimum Gasteiger partial charge on any atom is -0.466 e.